The molecule has 2 aromatic carbocycles. The second-order valence-electron chi connectivity index (χ2n) is 7.40. The Hall–Kier alpha value is -2.59. The van der Waals surface area contributed by atoms with E-state index >= 15 is 0 Å². The number of rotatable bonds is 3. The van der Waals surface area contributed by atoms with Crippen LogP contribution in [-0.2, 0) is 21.0 Å². The second kappa shape index (κ2) is 7.28. The molecule has 0 atom stereocenters. The summed E-state index contributed by atoms with van der Waals surface area (Å²) in [6, 6.07) is 8.09. The second-order valence-corrected chi connectivity index (χ2v) is 9.63. The van der Waals surface area contributed by atoms with E-state index in [2.05, 4.69) is 5.32 Å². The molecule has 0 aromatic heterocycles. The summed E-state index contributed by atoms with van der Waals surface area (Å²) in [6.07, 6.45) is -4.68. The first-order valence-electron chi connectivity index (χ1n) is 8.58. The van der Waals surface area contributed by atoms with E-state index in [1.807, 2.05) is 0 Å². The number of nitrogens with one attached hydrogen (secondary N) is 1. The smallest absolute Gasteiger partial charge is 0.322 e. The molecule has 1 N–H and O–H groups in total. The maximum absolute atomic E-state index is 13.0. The first kappa shape index (κ1) is 22.1. The fraction of sp³-hybridized carbons (Fsp3) is 0.263. The van der Waals surface area contributed by atoms with Gasteiger partial charge in [-0.15, -0.1) is 0 Å². The third-order valence-corrected chi connectivity index (χ3v) is 6.83. The molecule has 6 nitrogen and oxygen atoms in total. The fourth-order valence-electron chi connectivity index (χ4n) is 3.03. The number of hydrogen-bond donors (Lipinski definition) is 1. The number of carbonyl (C=O) groups excluding carboxylic acids is 2. The van der Waals surface area contributed by atoms with Gasteiger partial charge in [-0.25, -0.2) is 12.7 Å². The van der Waals surface area contributed by atoms with Crippen molar-refractivity contribution < 1.29 is 31.2 Å². The highest BCUT2D eigenvalue weighted by atomic mass is 35.5. The minimum absolute atomic E-state index is 0.0607. The predicted octanol–water partition coefficient (Wildman–Crippen LogP) is 4.31. The van der Waals surface area contributed by atoms with Crippen LogP contribution in [-0.4, -0.2) is 26.0 Å². The van der Waals surface area contributed by atoms with Crippen LogP contribution in [0.5, 0.6) is 0 Å². The largest absolute Gasteiger partial charge is 0.417 e. The maximum Gasteiger partial charge on any atom is 0.417 e. The molecular formula is C19H16ClF3N2O4S. The Morgan fingerprint density at radius 3 is 2.23 bits per heavy atom. The molecule has 1 heterocycles. The molecule has 11 heteroatoms. The molecule has 0 bridgehead atoms. The number of amides is 2. The minimum Gasteiger partial charge on any atom is -0.322 e. The lowest BCUT2D eigenvalue weighted by atomic mass is 9.95. The molecule has 1 aliphatic heterocycles. The van der Waals surface area contributed by atoms with Crippen LogP contribution < -0.4 is 9.62 Å². The average molecular weight is 461 g/mol. The van der Waals surface area contributed by atoms with Crippen LogP contribution in [0.2, 0.25) is 5.02 Å². The minimum atomic E-state index is -4.68. The Bertz CT molecular complexity index is 1130. The van der Waals surface area contributed by atoms with Gasteiger partial charge in [0, 0.05) is 11.3 Å². The van der Waals surface area contributed by atoms with Gasteiger partial charge in [-0.2, -0.15) is 13.2 Å². The molecule has 2 amide bonds. The average Bonchev–Trinajstić information content (AvgIpc) is 2.78. The highest BCUT2D eigenvalue weighted by molar-refractivity contribution is 7.94. The SMILES string of the molecule is CC1(C)CS(=O)(=O)N(c2ccc(C(=O)Nc3ccc(Cl)c(C(F)(F)F)c3)cc2)C1=O. The summed E-state index contributed by atoms with van der Waals surface area (Å²) in [5.41, 5.74) is -2.13. The molecule has 3 rings (SSSR count). The molecule has 2 aromatic rings. The Morgan fingerprint density at radius 2 is 1.73 bits per heavy atom. The Labute approximate surface area is 175 Å². The zero-order valence-electron chi connectivity index (χ0n) is 15.7. The summed E-state index contributed by atoms with van der Waals surface area (Å²) < 4.78 is 64.2. The van der Waals surface area contributed by atoms with E-state index < -0.39 is 44.0 Å². The monoisotopic (exact) mass is 460 g/mol. The Kier molecular flexibility index (Phi) is 5.36. The van der Waals surface area contributed by atoms with Gasteiger partial charge in [-0.1, -0.05) is 11.6 Å². The zero-order valence-corrected chi connectivity index (χ0v) is 17.3. The molecular weight excluding hydrogens is 445 g/mol. The zero-order chi connectivity index (χ0) is 22.5. The highest BCUT2D eigenvalue weighted by Gasteiger charge is 2.49. The summed E-state index contributed by atoms with van der Waals surface area (Å²) in [5, 5.41) is 1.83. The molecule has 1 saturated heterocycles. The maximum atomic E-state index is 13.0. The summed E-state index contributed by atoms with van der Waals surface area (Å²) in [7, 11) is -3.84. The van der Waals surface area contributed by atoms with Crippen molar-refractivity contribution >= 4 is 44.8 Å². The van der Waals surface area contributed by atoms with E-state index in [1.54, 1.807) is 0 Å². The molecule has 30 heavy (non-hydrogen) atoms. The third-order valence-electron chi connectivity index (χ3n) is 4.48. The van der Waals surface area contributed by atoms with Crippen molar-refractivity contribution in [2.75, 3.05) is 15.4 Å². The van der Waals surface area contributed by atoms with Crippen molar-refractivity contribution in [2.45, 2.75) is 20.0 Å². The number of nitrogens with zero attached hydrogens (tertiary/aromatic N) is 1. The molecule has 0 unspecified atom stereocenters. The van der Waals surface area contributed by atoms with E-state index in [4.69, 9.17) is 11.6 Å². The highest BCUT2D eigenvalue weighted by Crippen LogP contribution is 2.37. The predicted molar refractivity (Wildman–Crippen MR) is 106 cm³/mol. The first-order chi connectivity index (χ1) is 13.7. The van der Waals surface area contributed by atoms with Gasteiger partial charge in [0.05, 0.1) is 27.4 Å². The van der Waals surface area contributed by atoms with Crippen LogP contribution >= 0.6 is 11.6 Å². The third kappa shape index (κ3) is 4.15. The van der Waals surface area contributed by atoms with Crippen molar-refractivity contribution in [2.24, 2.45) is 5.41 Å². The van der Waals surface area contributed by atoms with Gasteiger partial charge in [0.2, 0.25) is 15.9 Å². The Morgan fingerprint density at radius 1 is 1.13 bits per heavy atom. The lowest BCUT2D eigenvalue weighted by Crippen LogP contribution is -2.32. The van der Waals surface area contributed by atoms with E-state index in [1.165, 1.54) is 44.2 Å². The molecule has 1 aliphatic rings. The van der Waals surface area contributed by atoms with Crippen molar-refractivity contribution in [3.05, 3.63) is 58.6 Å². The van der Waals surface area contributed by atoms with Crippen molar-refractivity contribution in [1.82, 2.24) is 0 Å². The number of sulfonamides is 1. The molecule has 0 radical (unpaired) electrons. The number of benzene rings is 2. The molecule has 0 aliphatic carbocycles. The van der Waals surface area contributed by atoms with Gasteiger partial charge in [-0.05, 0) is 56.3 Å². The molecule has 160 valence electrons. The number of halogens is 4. The molecule has 0 spiro atoms. The first-order valence-corrected chi connectivity index (χ1v) is 10.6. The summed E-state index contributed by atoms with van der Waals surface area (Å²) in [4.78, 5) is 24.8. The topological polar surface area (TPSA) is 83.6 Å². The number of hydrogen-bond acceptors (Lipinski definition) is 4. The molecule has 0 saturated carbocycles. The van der Waals surface area contributed by atoms with Gasteiger partial charge < -0.3 is 5.32 Å². The summed E-state index contributed by atoms with van der Waals surface area (Å²) >= 11 is 5.55. The van der Waals surface area contributed by atoms with E-state index in [-0.39, 0.29) is 22.7 Å². The molecule has 1 fully saturated rings. The summed E-state index contributed by atoms with van der Waals surface area (Å²) in [5.74, 6) is -1.63. The van der Waals surface area contributed by atoms with Crippen LogP contribution in [0.15, 0.2) is 42.5 Å². The van der Waals surface area contributed by atoms with Crippen LogP contribution in [0, 0.1) is 5.41 Å². The normalized spacial score (nSPS) is 17.8. The van der Waals surface area contributed by atoms with E-state index in [0.29, 0.717) is 10.4 Å². The van der Waals surface area contributed by atoms with Crippen molar-refractivity contribution in [3.8, 4) is 0 Å². The van der Waals surface area contributed by atoms with Crippen LogP contribution in [0.25, 0.3) is 0 Å². The van der Waals surface area contributed by atoms with Crippen molar-refractivity contribution in [3.63, 3.8) is 0 Å². The van der Waals surface area contributed by atoms with Crippen LogP contribution in [0.4, 0.5) is 24.5 Å². The van der Waals surface area contributed by atoms with Crippen LogP contribution in [0.3, 0.4) is 0 Å². The number of anilines is 2. The van der Waals surface area contributed by atoms with Gasteiger partial charge in [0.25, 0.3) is 5.91 Å². The van der Waals surface area contributed by atoms with Gasteiger partial charge in [-0.3, -0.25) is 9.59 Å². The lowest BCUT2D eigenvalue weighted by molar-refractivity contribution is -0.137. The van der Waals surface area contributed by atoms with Gasteiger partial charge in [0.15, 0.2) is 0 Å². The van der Waals surface area contributed by atoms with Gasteiger partial charge in [0.1, 0.15) is 0 Å². The van der Waals surface area contributed by atoms with Crippen molar-refractivity contribution in [1.29, 1.82) is 0 Å². The van der Waals surface area contributed by atoms with E-state index in [0.717, 1.165) is 6.07 Å². The number of alkyl halides is 3. The van der Waals surface area contributed by atoms with E-state index in [9.17, 15) is 31.2 Å². The quantitative estimate of drug-likeness (QED) is 0.739. The Balaban J connectivity index is 1.82. The lowest BCUT2D eigenvalue weighted by Gasteiger charge is -2.17. The fourth-order valence-corrected chi connectivity index (χ4v) is 5.37. The summed E-state index contributed by atoms with van der Waals surface area (Å²) in [6.45, 7) is 3.05. The standard InChI is InChI=1S/C19H16ClF3N2O4S/c1-18(2)10-30(28,29)25(17(18)27)13-6-3-11(4-7-13)16(26)24-12-5-8-15(20)14(9-12)19(21,22)23/h3-9H,10H2,1-2H3,(H,24,26). The number of carbonyl (C=O) groups is 2. The van der Waals surface area contributed by atoms with Gasteiger partial charge >= 0.3 is 6.18 Å². The van der Waals surface area contributed by atoms with Crippen LogP contribution in [0.1, 0.15) is 29.8 Å².